The van der Waals surface area contributed by atoms with Crippen LogP contribution in [0.25, 0.3) is 0 Å². The van der Waals surface area contributed by atoms with Gasteiger partial charge in [0, 0.05) is 19.1 Å². The van der Waals surface area contributed by atoms with Gasteiger partial charge in [-0.25, -0.2) is 5.84 Å². The number of benzene rings is 1. The summed E-state index contributed by atoms with van der Waals surface area (Å²) in [5, 5.41) is 10.5. The molecule has 4 N–H and O–H groups in total. The van der Waals surface area contributed by atoms with Gasteiger partial charge in [0.1, 0.15) is 12.4 Å². The van der Waals surface area contributed by atoms with Crippen LogP contribution in [0.3, 0.4) is 0 Å². The Hall–Kier alpha value is -1.63. The maximum absolute atomic E-state index is 11.4. The summed E-state index contributed by atoms with van der Waals surface area (Å²) in [6, 6.07) is 8.47. The fraction of sp³-hybridized carbons (Fsp3) is 0.562. The lowest BCUT2D eigenvalue weighted by Gasteiger charge is -2.42. The number of fused-ring (bicyclic) bond motifs is 1. The third kappa shape index (κ3) is 3.24. The lowest BCUT2D eigenvalue weighted by atomic mass is 9.86. The van der Waals surface area contributed by atoms with Gasteiger partial charge in [0.15, 0.2) is 0 Å². The van der Waals surface area contributed by atoms with Crippen molar-refractivity contribution in [1.29, 1.82) is 0 Å². The predicted molar refractivity (Wildman–Crippen MR) is 82.1 cm³/mol. The van der Waals surface area contributed by atoms with Crippen molar-refractivity contribution in [3.8, 4) is 5.75 Å². The lowest BCUT2D eigenvalue weighted by molar-refractivity contribution is -0.128. The van der Waals surface area contributed by atoms with Gasteiger partial charge >= 0.3 is 0 Å². The molecule has 0 bridgehead atoms. The molecule has 1 fully saturated rings. The Morgan fingerprint density at radius 3 is 2.86 bits per heavy atom. The molecule has 1 unspecified atom stereocenters. The maximum atomic E-state index is 11.4. The average Bonchev–Trinajstić information content (AvgIpc) is 2.54. The number of carbonyl (C=O) groups is 1. The normalized spacial score (nSPS) is 24.2. The molecule has 6 nitrogen and oxygen atoms in total. The van der Waals surface area contributed by atoms with Crippen molar-refractivity contribution in [2.75, 3.05) is 19.7 Å². The van der Waals surface area contributed by atoms with Crippen molar-refractivity contribution in [3.63, 3.8) is 0 Å². The fourth-order valence-electron chi connectivity index (χ4n) is 3.38. The molecule has 2 aliphatic rings. The molecule has 1 atom stereocenters. The van der Waals surface area contributed by atoms with Crippen LogP contribution >= 0.6 is 0 Å². The Bertz CT molecular complexity index is 541. The molecule has 1 saturated heterocycles. The van der Waals surface area contributed by atoms with Crippen LogP contribution in [0.15, 0.2) is 24.3 Å². The third-order valence-corrected chi connectivity index (χ3v) is 4.76. The number of nitrogens with zero attached hydrogens (tertiary/aromatic N) is 1. The van der Waals surface area contributed by atoms with E-state index in [9.17, 15) is 9.90 Å². The minimum atomic E-state index is -0.937. The highest BCUT2D eigenvalue weighted by molar-refractivity contribution is 5.76. The standard InChI is InChI=1S/C16H23N3O3/c17-18-15(20)10-16(21)5-7-19(8-6-16)13-9-12-3-1-2-4-14(12)22-11-13/h1-4,13,21H,5-11,17H2,(H,18,20). The molecule has 2 heterocycles. The second-order valence-corrected chi connectivity index (χ2v) is 6.28. The number of likely N-dealkylation sites (tertiary alicyclic amines) is 1. The summed E-state index contributed by atoms with van der Waals surface area (Å²) < 4.78 is 5.84. The van der Waals surface area contributed by atoms with Crippen LogP contribution in [0.4, 0.5) is 0 Å². The van der Waals surface area contributed by atoms with Gasteiger partial charge in [0.25, 0.3) is 0 Å². The zero-order valence-electron chi connectivity index (χ0n) is 12.6. The highest BCUT2D eigenvalue weighted by atomic mass is 16.5. The molecular formula is C16H23N3O3. The molecule has 6 heteroatoms. The Morgan fingerprint density at radius 2 is 2.14 bits per heavy atom. The number of nitrogens with one attached hydrogen (secondary N) is 1. The van der Waals surface area contributed by atoms with E-state index in [-0.39, 0.29) is 12.3 Å². The number of nitrogens with two attached hydrogens (primary N) is 1. The van der Waals surface area contributed by atoms with Crippen LogP contribution in [0, 0.1) is 0 Å². The van der Waals surface area contributed by atoms with Gasteiger partial charge in [-0.3, -0.25) is 15.1 Å². The number of hydrogen-bond acceptors (Lipinski definition) is 5. The summed E-state index contributed by atoms with van der Waals surface area (Å²) in [7, 11) is 0. The molecular weight excluding hydrogens is 282 g/mol. The van der Waals surface area contributed by atoms with Gasteiger partial charge in [-0.15, -0.1) is 0 Å². The molecule has 1 aromatic rings. The summed E-state index contributed by atoms with van der Waals surface area (Å²) >= 11 is 0. The second kappa shape index (κ2) is 6.24. The largest absolute Gasteiger partial charge is 0.492 e. The second-order valence-electron chi connectivity index (χ2n) is 6.28. The number of hydrogen-bond donors (Lipinski definition) is 3. The lowest BCUT2D eigenvalue weighted by Crippen LogP contribution is -2.52. The van der Waals surface area contributed by atoms with Crippen LogP contribution in [-0.2, 0) is 11.2 Å². The van der Waals surface area contributed by atoms with E-state index in [2.05, 4.69) is 16.4 Å². The van der Waals surface area contributed by atoms with Crippen molar-refractivity contribution in [1.82, 2.24) is 10.3 Å². The molecule has 0 radical (unpaired) electrons. The SMILES string of the molecule is NNC(=O)CC1(O)CCN(C2COc3ccccc3C2)CC1. The van der Waals surface area contributed by atoms with Crippen LogP contribution in [0.1, 0.15) is 24.8 Å². The number of carbonyl (C=O) groups excluding carboxylic acids is 1. The van der Waals surface area contributed by atoms with E-state index < -0.39 is 5.60 Å². The minimum absolute atomic E-state index is 0.0708. The predicted octanol–water partition coefficient (Wildman–Crippen LogP) is 0.197. The first-order chi connectivity index (χ1) is 10.6. The van der Waals surface area contributed by atoms with Crippen molar-refractivity contribution in [2.24, 2.45) is 5.84 Å². The van der Waals surface area contributed by atoms with Crippen molar-refractivity contribution in [2.45, 2.75) is 37.3 Å². The first-order valence-electron chi connectivity index (χ1n) is 7.76. The van der Waals surface area contributed by atoms with Gasteiger partial charge in [0.2, 0.25) is 5.91 Å². The first kappa shape index (κ1) is 15.3. The van der Waals surface area contributed by atoms with Crippen LogP contribution in [0.2, 0.25) is 0 Å². The Morgan fingerprint density at radius 1 is 1.41 bits per heavy atom. The van der Waals surface area contributed by atoms with Gasteiger partial charge in [-0.05, 0) is 30.9 Å². The summed E-state index contributed by atoms with van der Waals surface area (Å²) in [6.07, 6.45) is 2.20. The Balaban J connectivity index is 1.57. The van der Waals surface area contributed by atoms with E-state index >= 15 is 0 Å². The summed E-state index contributed by atoms with van der Waals surface area (Å²) in [4.78, 5) is 13.7. The Labute approximate surface area is 130 Å². The molecule has 22 heavy (non-hydrogen) atoms. The van der Waals surface area contributed by atoms with Crippen molar-refractivity contribution >= 4 is 5.91 Å². The number of ether oxygens (including phenoxy) is 1. The molecule has 1 aromatic carbocycles. The number of amides is 1. The van der Waals surface area contributed by atoms with Crippen molar-refractivity contribution < 1.29 is 14.6 Å². The van der Waals surface area contributed by atoms with Crippen LogP contribution < -0.4 is 16.0 Å². The molecule has 0 saturated carbocycles. The number of aliphatic hydroxyl groups is 1. The third-order valence-electron chi connectivity index (χ3n) is 4.76. The number of rotatable bonds is 3. The molecule has 0 aliphatic carbocycles. The highest BCUT2D eigenvalue weighted by Crippen LogP contribution is 2.30. The van der Waals surface area contributed by atoms with E-state index in [0.717, 1.165) is 25.3 Å². The van der Waals surface area contributed by atoms with E-state index in [1.165, 1.54) is 5.56 Å². The molecule has 0 spiro atoms. The van der Waals surface area contributed by atoms with Gasteiger partial charge in [-0.2, -0.15) is 0 Å². The molecule has 3 rings (SSSR count). The van der Waals surface area contributed by atoms with Crippen molar-refractivity contribution in [3.05, 3.63) is 29.8 Å². The van der Waals surface area contributed by atoms with E-state index in [0.29, 0.717) is 25.5 Å². The zero-order chi connectivity index (χ0) is 15.6. The zero-order valence-corrected chi connectivity index (χ0v) is 12.6. The fourth-order valence-corrected chi connectivity index (χ4v) is 3.38. The van der Waals surface area contributed by atoms with Gasteiger partial charge < -0.3 is 9.84 Å². The Kier molecular flexibility index (Phi) is 4.33. The monoisotopic (exact) mass is 305 g/mol. The first-order valence-corrected chi connectivity index (χ1v) is 7.76. The van der Waals surface area contributed by atoms with Crippen LogP contribution in [0.5, 0.6) is 5.75 Å². The summed E-state index contributed by atoms with van der Waals surface area (Å²) in [5.74, 6) is 5.76. The average molecular weight is 305 g/mol. The number of para-hydroxylation sites is 1. The summed E-state index contributed by atoms with van der Waals surface area (Å²) in [6.45, 7) is 2.22. The smallest absolute Gasteiger partial charge is 0.236 e. The van der Waals surface area contributed by atoms with Crippen LogP contribution in [-0.4, -0.2) is 47.3 Å². The molecule has 0 aromatic heterocycles. The minimum Gasteiger partial charge on any atom is -0.492 e. The molecule has 2 aliphatic heterocycles. The van der Waals surface area contributed by atoms with E-state index in [1.807, 2.05) is 18.2 Å². The number of piperidine rings is 1. The van der Waals surface area contributed by atoms with E-state index in [4.69, 9.17) is 10.6 Å². The molecule has 1 amide bonds. The van der Waals surface area contributed by atoms with Gasteiger partial charge in [0.05, 0.1) is 12.0 Å². The number of hydrazine groups is 1. The summed E-state index contributed by atoms with van der Waals surface area (Å²) in [5.41, 5.74) is 2.39. The topological polar surface area (TPSA) is 87.8 Å². The maximum Gasteiger partial charge on any atom is 0.236 e. The van der Waals surface area contributed by atoms with E-state index in [1.54, 1.807) is 0 Å². The molecule has 120 valence electrons. The van der Waals surface area contributed by atoms with Gasteiger partial charge in [-0.1, -0.05) is 18.2 Å². The quantitative estimate of drug-likeness (QED) is 0.422. The highest BCUT2D eigenvalue weighted by Gasteiger charge is 2.37.